The number of fused-ring (bicyclic) bond motifs is 6. The summed E-state index contributed by atoms with van der Waals surface area (Å²) in [5.41, 5.74) is 4.00. The van der Waals surface area contributed by atoms with E-state index in [0.717, 1.165) is 36.6 Å². The van der Waals surface area contributed by atoms with Gasteiger partial charge in [-0.1, -0.05) is 12.1 Å². The molecule has 9 heterocycles. The van der Waals surface area contributed by atoms with Crippen molar-refractivity contribution in [2.24, 2.45) is 13.0 Å². The predicted octanol–water partition coefficient (Wildman–Crippen LogP) is 6.73. The Labute approximate surface area is 374 Å². The minimum Gasteiger partial charge on any atom is -0.375 e. The molecule has 1 spiro atoms. The fourth-order valence-corrected chi connectivity index (χ4v) is 11.8. The Morgan fingerprint density at radius 2 is 1.74 bits per heavy atom. The molecule has 8 aromatic rings. The molecule has 0 radical (unpaired) electrons. The average Bonchev–Trinajstić information content (AvgIpc) is 3.70. The summed E-state index contributed by atoms with van der Waals surface area (Å²) in [6.45, 7) is 6.12. The lowest BCUT2D eigenvalue weighted by molar-refractivity contribution is -0.0132. The Kier molecular flexibility index (Phi) is 8.10. The van der Waals surface area contributed by atoms with Gasteiger partial charge in [-0.05, 0) is 124 Å². The molecule has 0 unspecified atom stereocenters. The van der Waals surface area contributed by atoms with Gasteiger partial charge in [0.1, 0.15) is 28.5 Å². The van der Waals surface area contributed by atoms with Crippen LogP contribution in [0.25, 0.3) is 39.1 Å². The topological polar surface area (TPSA) is 169 Å². The van der Waals surface area contributed by atoms with Gasteiger partial charge in [-0.25, -0.2) is 28.0 Å². The number of ether oxygens (including phenoxy) is 1. The predicted molar refractivity (Wildman–Crippen MR) is 235 cm³/mol. The minimum absolute atomic E-state index is 0.0242. The zero-order chi connectivity index (χ0) is 45.1. The maximum absolute atomic E-state index is 16.2. The molecule has 2 bridgehead atoms. The highest BCUT2D eigenvalue weighted by molar-refractivity contribution is 5.99. The fourth-order valence-electron chi connectivity index (χ4n) is 11.8. The molecule has 13 rings (SSSR count). The van der Waals surface area contributed by atoms with Crippen LogP contribution in [-0.2, 0) is 23.7 Å². The molecule has 1 amide bonds. The van der Waals surface area contributed by atoms with Crippen molar-refractivity contribution >= 4 is 27.8 Å². The highest BCUT2D eigenvalue weighted by Gasteiger charge is 2.60. The molecule has 18 heteroatoms. The monoisotopic (exact) mass is 893 g/mol. The second-order valence-electron chi connectivity index (χ2n) is 19.3. The molecule has 2 saturated heterocycles. The van der Waals surface area contributed by atoms with E-state index in [0.29, 0.717) is 88.9 Å². The number of halogens is 2. The van der Waals surface area contributed by atoms with E-state index in [2.05, 4.69) is 28.2 Å². The van der Waals surface area contributed by atoms with E-state index >= 15 is 13.6 Å². The van der Waals surface area contributed by atoms with Crippen LogP contribution in [0, 0.1) is 31.4 Å². The number of rotatable bonds is 7. The number of hydrogen-bond acceptors (Lipinski definition) is 9. The molecular formula is C48H45F2N11O5. The molecule has 66 heavy (non-hydrogen) atoms. The molecule has 5 aliphatic rings. The normalized spacial score (nSPS) is 23.9. The number of aromatic nitrogens is 10. The molecule has 2 aromatic carbocycles. The second kappa shape index (κ2) is 13.6. The van der Waals surface area contributed by atoms with Crippen molar-refractivity contribution in [1.29, 1.82) is 0 Å². The molecule has 2 aliphatic carbocycles. The van der Waals surface area contributed by atoms with E-state index in [1.165, 1.54) is 21.5 Å². The van der Waals surface area contributed by atoms with E-state index in [-0.39, 0.29) is 46.3 Å². The van der Waals surface area contributed by atoms with Gasteiger partial charge in [0.2, 0.25) is 0 Å². The molecule has 3 aliphatic heterocycles. The van der Waals surface area contributed by atoms with Gasteiger partial charge >= 0.3 is 11.4 Å². The van der Waals surface area contributed by atoms with Crippen molar-refractivity contribution in [2.75, 3.05) is 6.61 Å². The number of nitrogens with zero attached hydrogens (tertiary/aromatic N) is 10. The number of pyridine rings is 1. The van der Waals surface area contributed by atoms with E-state index < -0.39 is 28.8 Å². The molecule has 1 N–H and O–H groups in total. The first-order valence-electron chi connectivity index (χ1n) is 22.7. The van der Waals surface area contributed by atoms with E-state index in [1.54, 1.807) is 60.7 Å². The Morgan fingerprint density at radius 3 is 2.48 bits per heavy atom. The molecule has 4 fully saturated rings. The summed E-state index contributed by atoms with van der Waals surface area (Å²) in [5.74, 6) is -0.884. The SMILES string of the molecule is Cc1cc(-n2nc3c(c2-n2ccn(-c4ccc5c(cnn5C)c4F)c2=O)[C@@H]2CC[C@H](C3)N2C(=O)c2cc3cc([C@H]4CCOC5(CC5)C4)cnc3n2[C@@]2(c3noc(=O)[nH]3)C[C@@H]2C)cc(C)c1F. The van der Waals surface area contributed by atoms with E-state index in [1.807, 2.05) is 21.7 Å². The third-order valence-corrected chi connectivity index (χ3v) is 15.4. The van der Waals surface area contributed by atoms with Crippen molar-refractivity contribution in [2.45, 2.75) is 101 Å². The summed E-state index contributed by atoms with van der Waals surface area (Å²) in [7, 11) is 1.72. The molecule has 5 atom stereocenters. The maximum Gasteiger partial charge on any atom is 0.438 e. The van der Waals surface area contributed by atoms with Gasteiger partial charge in [-0.15, -0.1) is 0 Å². The number of nitrogens with one attached hydrogen (secondary N) is 1. The van der Waals surface area contributed by atoms with Crippen molar-refractivity contribution in [1.82, 2.24) is 53.3 Å². The number of imidazole rings is 1. The maximum atomic E-state index is 16.2. The third-order valence-electron chi connectivity index (χ3n) is 15.4. The summed E-state index contributed by atoms with van der Waals surface area (Å²) < 4.78 is 50.5. The lowest BCUT2D eigenvalue weighted by atomic mass is 9.88. The fraction of sp³-hybridized carbons (Fsp3) is 0.396. The van der Waals surface area contributed by atoms with Gasteiger partial charge in [-0.2, -0.15) is 10.2 Å². The first-order valence-corrected chi connectivity index (χ1v) is 22.7. The quantitative estimate of drug-likeness (QED) is 0.182. The van der Waals surface area contributed by atoms with Crippen LogP contribution in [0.2, 0.25) is 0 Å². The Balaban J connectivity index is 0.969. The summed E-state index contributed by atoms with van der Waals surface area (Å²) in [4.78, 5) is 52.8. The summed E-state index contributed by atoms with van der Waals surface area (Å²) in [5, 5.41) is 14.6. The van der Waals surface area contributed by atoms with Crippen molar-refractivity contribution in [3.05, 3.63) is 133 Å². The highest BCUT2D eigenvalue weighted by Crippen LogP contribution is 2.57. The van der Waals surface area contributed by atoms with Crippen LogP contribution >= 0.6 is 0 Å². The van der Waals surface area contributed by atoms with Crippen molar-refractivity contribution in [3.63, 3.8) is 0 Å². The van der Waals surface area contributed by atoms with Crippen LogP contribution in [0.3, 0.4) is 0 Å². The number of carbonyl (C=O) groups is 1. The number of benzene rings is 2. The van der Waals surface area contributed by atoms with E-state index in [4.69, 9.17) is 19.3 Å². The van der Waals surface area contributed by atoms with Crippen LogP contribution in [0.15, 0.2) is 75.3 Å². The van der Waals surface area contributed by atoms with Crippen LogP contribution in [-0.4, -0.2) is 77.4 Å². The largest absolute Gasteiger partial charge is 0.438 e. The Hall–Kier alpha value is -6.95. The van der Waals surface area contributed by atoms with Gasteiger partial charge in [0.15, 0.2) is 11.6 Å². The zero-order valence-corrected chi connectivity index (χ0v) is 36.7. The lowest BCUT2D eigenvalue weighted by Gasteiger charge is -2.35. The summed E-state index contributed by atoms with van der Waals surface area (Å²) in [6.07, 6.45) is 12.7. The van der Waals surface area contributed by atoms with Gasteiger partial charge in [0, 0.05) is 55.7 Å². The van der Waals surface area contributed by atoms with Crippen molar-refractivity contribution < 1.29 is 22.8 Å². The first-order chi connectivity index (χ1) is 31.8. The molecule has 6 aromatic heterocycles. The van der Waals surface area contributed by atoms with Gasteiger partial charge in [0.25, 0.3) is 5.91 Å². The van der Waals surface area contributed by atoms with Crippen LogP contribution in [0.5, 0.6) is 0 Å². The van der Waals surface area contributed by atoms with Crippen LogP contribution in [0.1, 0.15) is 108 Å². The third kappa shape index (κ3) is 5.47. The van der Waals surface area contributed by atoms with Crippen molar-refractivity contribution in [3.8, 4) is 17.2 Å². The molecule has 336 valence electrons. The molecule has 16 nitrogen and oxygen atoms in total. The van der Waals surface area contributed by atoms with Gasteiger partial charge in [-0.3, -0.25) is 28.1 Å². The molecule has 2 saturated carbocycles. The number of aromatic amines is 1. The number of amides is 1. The zero-order valence-electron chi connectivity index (χ0n) is 36.7. The first kappa shape index (κ1) is 39.4. The van der Waals surface area contributed by atoms with E-state index in [9.17, 15) is 9.59 Å². The van der Waals surface area contributed by atoms with Crippen LogP contribution < -0.4 is 11.4 Å². The lowest BCUT2D eigenvalue weighted by Crippen LogP contribution is -2.43. The highest BCUT2D eigenvalue weighted by atomic mass is 19.1. The number of aryl methyl sites for hydroxylation is 3. The number of carbonyl (C=O) groups excluding carboxylic acids is 1. The van der Waals surface area contributed by atoms with Gasteiger partial charge < -0.3 is 14.2 Å². The summed E-state index contributed by atoms with van der Waals surface area (Å²) in [6, 6.07) is 9.97. The minimum atomic E-state index is -0.900. The number of H-pyrrole nitrogens is 1. The Morgan fingerprint density at radius 1 is 0.955 bits per heavy atom. The van der Waals surface area contributed by atoms with Gasteiger partial charge in [0.05, 0.1) is 45.8 Å². The number of hydrogen-bond donors (Lipinski definition) is 1. The summed E-state index contributed by atoms with van der Waals surface area (Å²) >= 11 is 0. The molecular weight excluding hydrogens is 849 g/mol. The van der Waals surface area contributed by atoms with Crippen LogP contribution in [0.4, 0.5) is 8.78 Å². The smallest absolute Gasteiger partial charge is 0.375 e. The second-order valence-corrected chi connectivity index (χ2v) is 19.3. The Bertz CT molecular complexity index is 3490. The standard InChI is InChI=1S/C48H45F2N11O5/c1-24-15-31(16-25(2)39(24)49)61-42(58-13-12-57(46(58)64)36-8-7-34-32(40(36)50)23-52-56(34)4)38-33(54-61)19-30-5-6-35(38)59(30)43(62)37-18-28-17-29(27-9-14-65-47(21-27)10-11-47)22-51-41(28)60(37)48(20-26(48)3)44-53-45(63)66-55-44/h7-8,12-13,15-18,22-23,26-27,30,35H,5-6,9-11,14,19-21H2,1-4H3,(H,53,55,63)/t26-,27-,30+,35-,48-/m0/s1. The average molecular weight is 894 g/mol.